The minimum absolute atomic E-state index is 0.0865. The van der Waals surface area contributed by atoms with E-state index in [2.05, 4.69) is 13.8 Å². The summed E-state index contributed by atoms with van der Waals surface area (Å²) in [5.41, 5.74) is -0.253. The van der Waals surface area contributed by atoms with Gasteiger partial charge in [-0.1, -0.05) is 6.92 Å². The molecule has 0 bridgehead atoms. The number of aliphatic hydroxyl groups excluding tert-OH is 1. The molecule has 4 rings (SSSR count). The van der Waals surface area contributed by atoms with Gasteiger partial charge in [-0.3, -0.25) is 4.79 Å². The van der Waals surface area contributed by atoms with Crippen LogP contribution in [0.2, 0.25) is 0 Å². The molecular weight excluding hydrogens is 276 g/mol. The number of rotatable bonds is 0. The molecule has 0 aromatic rings. The van der Waals surface area contributed by atoms with Crippen molar-refractivity contribution >= 4 is 11.6 Å². The average molecular weight is 303 g/mol. The van der Waals surface area contributed by atoms with E-state index in [4.69, 9.17) is 0 Å². The van der Waals surface area contributed by atoms with Crippen LogP contribution in [0.4, 0.5) is 0 Å². The lowest BCUT2D eigenvalue weighted by molar-refractivity contribution is -0.171. The number of carbonyl (C=O) groups is 2. The molecule has 0 aromatic heterocycles. The van der Waals surface area contributed by atoms with Crippen LogP contribution in [-0.2, 0) is 9.59 Å². The molecule has 1 N–H and O–H groups in total. The van der Waals surface area contributed by atoms with Crippen LogP contribution in [0.1, 0.15) is 58.8 Å². The molecule has 22 heavy (non-hydrogen) atoms. The minimum atomic E-state index is -0.386. The molecule has 4 fully saturated rings. The van der Waals surface area contributed by atoms with Gasteiger partial charge >= 0.3 is 5.78 Å². The van der Waals surface area contributed by atoms with E-state index in [1.165, 1.54) is 0 Å². The van der Waals surface area contributed by atoms with Gasteiger partial charge in [-0.2, -0.15) is 0 Å². The first-order valence-electron chi connectivity index (χ1n) is 8.93. The second-order valence-electron chi connectivity index (χ2n) is 8.81. The molecule has 0 radical (unpaired) electrons. The van der Waals surface area contributed by atoms with E-state index in [-0.39, 0.29) is 28.6 Å². The van der Waals surface area contributed by atoms with Crippen molar-refractivity contribution in [2.75, 3.05) is 0 Å². The fraction of sp³-hybridized carbons (Fsp3) is 0.842. The largest absolute Gasteiger partial charge is 0.393 e. The number of aliphatic hydroxyl groups is 1. The Bertz CT molecular complexity index is 527. The quantitative estimate of drug-likeness (QED) is 0.700. The Morgan fingerprint density at radius 2 is 2.00 bits per heavy atom. The van der Waals surface area contributed by atoms with Gasteiger partial charge in [-0.25, -0.2) is 4.79 Å². The monoisotopic (exact) mass is 303 g/mol. The van der Waals surface area contributed by atoms with Gasteiger partial charge in [-0.15, -0.1) is 0 Å². The molecule has 0 aromatic carbocycles. The summed E-state index contributed by atoms with van der Waals surface area (Å²) in [7, 11) is 0. The first-order valence-corrected chi connectivity index (χ1v) is 8.93. The normalized spacial score (nSPS) is 54.2. The number of ketones is 2. The molecule has 120 valence electrons. The summed E-state index contributed by atoms with van der Waals surface area (Å²) in [6.07, 6.45) is 7.48. The number of hydrogen-bond donors (Lipinski definition) is 1. The van der Waals surface area contributed by atoms with Gasteiger partial charge in [0.2, 0.25) is 0 Å². The van der Waals surface area contributed by atoms with E-state index in [0.717, 1.165) is 25.7 Å². The van der Waals surface area contributed by atoms with E-state index >= 15 is 0 Å². The van der Waals surface area contributed by atoms with Crippen LogP contribution in [-0.4, -0.2) is 22.8 Å². The summed E-state index contributed by atoms with van der Waals surface area (Å²) in [5, 5.41) is 11.0. The molecule has 0 aliphatic heterocycles. The lowest BCUT2D eigenvalue weighted by Gasteiger charge is -2.59. The molecule has 4 aliphatic rings. The Labute approximate surface area is 132 Å². The van der Waals surface area contributed by atoms with Crippen LogP contribution < -0.4 is 0 Å². The van der Waals surface area contributed by atoms with E-state index in [1.807, 2.05) is 6.42 Å². The van der Waals surface area contributed by atoms with Gasteiger partial charge in [0.25, 0.3) is 0 Å². The van der Waals surface area contributed by atoms with E-state index in [1.54, 1.807) is 0 Å². The molecule has 0 heterocycles. The standard InChI is InChI=1S/C19H27O3/c1-18-8-7-12(20)9-11(18)3-4-13-14-5-6-16(22)19(14,2)10-15(21)17(13)18/h6,11,13-15,17,21H,3-5,7-10H2,1-2H3/q+1/t11-,13-,14-,15-,17+,18-,19-/m0/s1. The first-order chi connectivity index (χ1) is 10.4. The van der Waals surface area contributed by atoms with Gasteiger partial charge in [0.15, 0.2) is 0 Å². The van der Waals surface area contributed by atoms with Crippen molar-refractivity contribution in [2.45, 2.75) is 64.9 Å². The summed E-state index contributed by atoms with van der Waals surface area (Å²) in [6, 6.07) is 0. The van der Waals surface area contributed by atoms with Crippen molar-refractivity contribution in [3.05, 3.63) is 6.42 Å². The SMILES string of the molecule is C[C@]12CCC(=O)C[C@@H]1CC[C@@H]1[C@@H]2[C@@H](O)C[C@]2(C)C(=O)[CH+]C[C@@H]12. The van der Waals surface area contributed by atoms with E-state index < -0.39 is 0 Å². The Balaban J connectivity index is 1.70. The summed E-state index contributed by atoms with van der Waals surface area (Å²) < 4.78 is 0. The van der Waals surface area contributed by atoms with Crippen molar-refractivity contribution in [2.24, 2.45) is 34.5 Å². The Morgan fingerprint density at radius 3 is 2.77 bits per heavy atom. The molecule has 0 spiro atoms. The highest BCUT2D eigenvalue weighted by Gasteiger charge is 2.66. The number of carbonyl (C=O) groups excluding carboxylic acids is 2. The molecular formula is C19H27O3+. The lowest BCUT2D eigenvalue weighted by Crippen LogP contribution is -2.58. The zero-order valence-corrected chi connectivity index (χ0v) is 13.7. The number of fused-ring (bicyclic) bond motifs is 5. The highest BCUT2D eigenvalue weighted by molar-refractivity contribution is 5.95. The average Bonchev–Trinajstić information content (AvgIpc) is 2.75. The zero-order chi connectivity index (χ0) is 15.7. The summed E-state index contributed by atoms with van der Waals surface area (Å²) in [5.74, 6) is 2.23. The molecule has 0 amide bonds. The van der Waals surface area contributed by atoms with Gasteiger partial charge in [0, 0.05) is 18.8 Å². The number of hydrogen-bond acceptors (Lipinski definition) is 3. The van der Waals surface area contributed by atoms with Gasteiger partial charge in [0.05, 0.1) is 11.5 Å². The highest BCUT2D eigenvalue weighted by Crippen LogP contribution is 2.65. The Kier molecular flexibility index (Phi) is 3.08. The predicted octanol–water partition coefficient (Wildman–Crippen LogP) is 2.95. The van der Waals surface area contributed by atoms with E-state index in [9.17, 15) is 14.7 Å². The Hall–Kier alpha value is -0.830. The molecule has 7 atom stereocenters. The molecule has 3 heteroatoms. The second-order valence-corrected chi connectivity index (χ2v) is 8.81. The van der Waals surface area contributed by atoms with Crippen molar-refractivity contribution in [1.29, 1.82) is 0 Å². The second kappa shape index (κ2) is 4.59. The molecule has 0 saturated heterocycles. The summed E-state index contributed by atoms with van der Waals surface area (Å²) in [4.78, 5) is 24.2. The van der Waals surface area contributed by atoms with Gasteiger partial charge in [-0.05, 0) is 55.8 Å². The Morgan fingerprint density at radius 1 is 1.23 bits per heavy atom. The van der Waals surface area contributed by atoms with Crippen LogP contribution >= 0.6 is 0 Å². The zero-order valence-electron chi connectivity index (χ0n) is 13.7. The maximum atomic E-state index is 12.3. The maximum absolute atomic E-state index is 12.3. The third-order valence-corrected chi connectivity index (χ3v) is 7.92. The first kappa shape index (κ1) is 14.7. The van der Waals surface area contributed by atoms with Crippen molar-refractivity contribution in [3.8, 4) is 0 Å². The van der Waals surface area contributed by atoms with Crippen LogP contribution in [0, 0.1) is 40.9 Å². The van der Waals surface area contributed by atoms with Crippen molar-refractivity contribution < 1.29 is 14.7 Å². The van der Waals surface area contributed by atoms with Crippen LogP contribution in [0.15, 0.2) is 0 Å². The number of Topliss-reactive ketones (excluding diaryl/α,β-unsaturated/α-hetero) is 2. The molecule has 4 aliphatic carbocycles. The maximum Gasteiger partial charge on any atom is 0.312 e. The lowest BCUT2D eigenvalue weighted by atomic mass is 9.44. The predicted molar refractivity (Wildman–Crippen MR) is 82.8 cm³/mol. The molecule has 3 nitrogen and oxygen atoms in total. The van der Waals surface area contributed by atoms with E-state index in [0.29, 0.717) is 42.8 Å². The van der Waals surface area contributed by atoms with Gasteiger partial charge in [0.1, 0.15) is 18.6 Å². The fourth-order valence-electron chi connectivity index (χ4n) is 6.70. The van der Waals surface area contributed by atoms with Crippen LogP contribution in [0.5, 0.6) is 0 Å². The summed E-state index contributed by atoms with van der Waals surface area (Å²) in [6.45, 7) is 4.38. The third-order valence-electron chi connectivity index (χ3n) is 7.92. The summed E-state index contributed by atoms with van der Waals surface area (Å²) >= 11 is 0. The minimum Gasteiger partial charge on any atom is -0.393 e. The highest BCUT2D eigenvalue weighted by atomic mass is 16.3. The van der Waals surface area contributed by atoms with Gasteiger partial charge < -0.3 is 5.11 Å². The fourth-order valence-corrected chi connectivity index (χ4v) is 6.70. The third kappa shape index (κ3) is 1.75. The molecule has 0 unspecified atom stereocenters. The topological polar surface area (TPSA) is 54.4 Å². The van der Waals surface area contributed by atoms with Crippen LogP contribution in [0.3, 0.4) is 0 Å². The molecule has 4 saturated carbocycles. The van der Waals surface area contributed by atoms with Crippen molar-refractivity contribution in [3.63, 3.8) is 0 Å². The smallest absolute Gasteiger partial charge is 0.312 e. The van der Waals surface area contributed by atoms with Crippen molar-refractivity contribution in [1.82, 2.24) is 0 Å². The van der Waals surface area contributed by atoms with Crippen LogP contribution in [0.25, 0.3) is 0 Å².